The molecule has 1 atom stereocenters. The zero-order valence-corrected chi connectivity index (χ0v) is 13.7. The van der Waals surface area contributed by atoms with Gasteiger partial charge in [0.15, 0.2) is 5.17 Å². The average molecular weight is 320 g/mol. The van der Waals surface area contributed by atoms with Crippen LogP contribution in [0.2, 0.25) is 0 Å². The molecule has 7 heteroatoms. The summed E-state index contributed by atoms with van der Waals surface area (Å²) in [5, 5.41) is 7.93. The number of methoxy groups -OCH3 is 1. The van der Waals surface area contributed by atoms with E-state index in [4.69, 9.17) is 4.74 Å². The number of amidine groups is 1. The zero-order valence-electron chi connectivity index (χ0n) is 12.9. The maximum absolute atomic E-state index is 11.0. The standard InChI is InChI=1S/C15H20N4O2S/c1-10(8-21-3)16-15-19-18-14(9-22-15)12-4-6-13(7-5-12)17-11(2)20/h4-7,10H,8-9H2,1-3H3,(H,16,19)(H,17,20)/t10-/m1/s1. The predicted octanol–water partition coefficient (Wildman–Crippen LogP) is 2.08. The molecule has 6 nitrogen and oxygen atoms in total. The topological polar surface area (TPSA) is 75.1 Å². The SMILES string of the molecule is COC[C@@H](C)N=C1NN=C(c2ccc(NC(C)=O)cc2)CS1. The maximum Gasteiger partial charge on any atom is 0.221 e. The lowest BCUT2D eigenvalue weighted by Crippen LogP contribution is -2.27. The number of rotatable bonds is 5. The van der Waals surface area contributed by atoms with E-state index in [1.54, 1.807) is 18.9 Å². The first-order valence-corrected chi connectivity index (χ1v) is 7.97. The molecule has 1 amide bonds. The van der Waals surface area contributed by atoms with Gasteiger partial charge in [0, 0.05) is 25.5 Å². The molecule has 0 saturated carbocycles. The van der Waals surface area contributed by atoms with Gasteiger partial charge in [-0.1, -0.05) is 23.9 Å². The van der Waals surface area contributed by atoms with Crippen LogP contribution in [0, 0.1) is 0 Å². The normalized spacial score (nSPS) is 17.6. The Balaban J connectivity index is 2.00. The van der Waals surface area contributed by atoms with E-state index in [9.17, 15) is 4.79 Å². The summed E-state index contributed by atoms with van der Waals surface area (Å²) in [6, 6.07) is 7.74. The molecule has 0 bridgehead atoms. The van der Waals surface area contributed by atoms with Crippen molar-refractivity contribution in [1.29, 1.82) is 0 Å². The van der Waals surface area contributed by atoms with Gasteiger partial charge in [0.2, 0.25) is 5.91 Å². The minimum Gasteiger partial charge on any atom is -0.382 e. The van der Waals surface area contributed by atoms with Crippen LogP contribution in [-0.4, -0.2) is 42.3 Å². The maximum atomic E-state index is 11.0. The minimum absolute atomic E-state index is 0.0778. The van der Waals surface area contributed by atoms with E-state index in [1.165, 1.54) is 6.92 Å². The molecule has 22 heavy (non-hydrogen) atoms. The van der Waals surface area contributed by atoms with Gasteiger partial charge in [0.05, 0.1) is 18.4 Å². The second-order valence-electron chi connectivity index (χ2n) is 4.96. The molecule has 0 aromatic heterocycles. The van der Waals surface area contributed by atoms with E-state index < -0.39 is 0 Å². The number of benzene rings is 1. The first-order chi connectivity index (χ1) is 10.6. The highest BCUT2D eigenvalue weighted by Gasteiger charge is 2.14. The lowest BCUT2D eigenvalue weighted by Gasteiger charge is -2.16. The third kappa shape index (κ3) is 4.85. The second-order valence-corrected chi connectivity index (χ2v) is 5.92. The largest absolute Gasteiger partial charge is 0.382 e. The van der Waals surface area contributed by atoms with Crippen molar-refractivity contribution in [3.63, 3.8) is 0 Å². The van der Waals surface area contributed by atoms with Gasteiger partial charge in [0.1, 0.15) is 0 Å². The van der Waals surface area contributed by atoms with Crippen LogP contribution in [0.5, 0.6) is 0 Å². The Labute approximate surface area is 134 Å². The molecule has 1 aliphatic rings. The molecule has 0 fully saturated rings. The van der Waals surface area contributed by atoms with E-state index in [0.29, 0.717) is 6.61 Å². The fraction of sp³-hybridized carbons (Fsp3) is 0.400. The van der Waals surface area contributed by atoms with Crippen molar-refractivity contribution in [2.24, 2.45) is 10.1 Å². The van der Waals surface area contributed by atoms with Crippen molar-refractivity contribution >= 4 is 34.2 Å². The Bertz CT molecular complexity index is 584. The number of ether oxygens (including phenoxy) is 1. The summed E-state index contributed by atoms with van der Waals surface area (Å²) < 4.78 is 5.06. The van der Waals surface area contributed by atoms with Crippen molar-refractivity contribution in [2.45, 2.75) is 19.9 Å². The number of hydrogen-bond acceptors (Lipinski definition) is 5. The summed E-state index contributed by atoms with van der Waals surface area (Å²) in [7, 11) is 1.67. The number of anilines is 1. The van der Waals surface area contributed by atoms with Crippen LogP contribution in [0.1, 0.15) is 19.4 Å². The highest BCUT2D eigenvalue weighted by molar-refractivity contribution is 8.14. The summed E-state index contributed by atoms with van der Waals surface area (Å²) in [6.07, 6.45) is 0. The number of carbonyl (C=O) groups excluding carboxylic acids is 1. The van der Waals surface area contributed by atoms with Crippen LogP contribution in [0.25, 0.3) is 0 Å². The summed E-state index contributed by atoms with van der Waals surface area (Å²) in [6.45, 7) is 4.08. The molecule has 0 radical (unpaired) electrons. The van der Waals surface area contributed by atoms with Gasteiger partial charge in [-0.05, 0) is 24.6 Å². The first-order valence-electron chi connectivity index (χ1n) is 6.98. The fourth-order valence-electron chi connectivity index (χ4n) is 1.96. The number of aliphatic imine (C=N–C) groups is 1. The number of nitrogens with zero attached hydrogens (tertiary/aromatic N) is 2. The van der Waals surface area contributed by atoms with Gasteiger partial charge in [-0.15, -0.1) is 0 Å². The first kappa shape index (κ1) is 16.5. The van der Waals surface area contributed by atoms with Gasteiger partial charge < -0.3 is 10.1 Å². The van der Waals surface area contributed by atoms with Crippen LogP contribution in [0.4, 0.5) is 5.69 Å². The summed E-state index contributed by atoms with van der Waals surface area (Å²) in [5.41, 5.74) is 5.74. The van der Waals surface area contributed by atoms with Gasteiger partial charge in [0.25, 0.3) is 0 Å². The van der Waals surface area contributed by atoms with Crippen LogP contribution >= 0.6 is 11.8 Å². The molecule has 1 aliphatic heterocycles. The van der Waals surface area contributed by atoms with Gasteiger partial charge in [-0.2, -0.15) is 5.10 Å². The Morgan fingerprint density at radius 2 is 2.23 bits per heavy atom. The van der Waals surface area contributed by atoms with Crippen molar-refractivity contribution < 1.29 is 9.53 Å². The molecule has 0 saturated heterocycles. The third-order valence-corrected chi connectivity index (χ3v) is 3.80. The average Bonchev–Trinajstić information content (AvgIpc) is 2.48. The molecule has 1 heterocycles. The lowest BCUT2D eigenvalue weighted by atomic mass is 10.1. The third-order valence-electron chi connectivity index (χ3n) is 2.92. The van der Waals surface area contributed by atoms with Gasteiger partial charge >= 0.3 is 0 Å². The summed E-state index contributed by atoms with van der Waals surface area (Å²) in [4.78, 5) is 15.5. The smallest absolute Gasteiger partial charge is 0.221 e. The Morgan fingerprint density at radius 3 is 2.77 bits per heavy atom. The number of hydrazone groups is 1. The van der Waals surface area contributed by atoms with Crippen LogP contribution in [-0.2, 0) is 9.53 Å². The number of nitrogens with one attached hydrogen (secondary N) is 2. The minimum atomic E-state index is -0.0778. The number of thioether (sulfide) groups is 1. The monoisotopic (exact) mass is 320 g/mol. The molecule has 1 aromatic carbocycles. The van der Waals surface area contributed by atoms with Crippen LogP contribution in [0.15, 0.2) is 34.4 Å². The number of hydrogen-bond donors (Lipinski definition) is 2. The molecule has 1 aromatic rings. The van der Waals surface area contributed by atoms with Gasteiger partial charge in [-0.3, -0.25) is 15.2 Å². The van der Waals surface area contributed by atoms with E-state index in [1.807, 2.05) is 31.2 Å². The summed E-state index contributed by atoms with van der Waals surface area (Å²) >= 11 is 1.62. The molecule has 2 N–H and O–H groups in total. The van der Waals surface area contributed by atoms with Crippen molar-refractivity contribution in [3.05, 3.63) is 29.8 Å². The van der Waals surface area contributed by atoms with Crippen molar-refractivity contribution in [1.82, 2.24) is 5.43 Å². The van der Waals surface area contributed by atoms with E-state index in [2.05, 4.69) is 20.8 Å². The molecular weight excluding hydrogens is 300 g/mol. The Morgan fingerprint density at radius 1 is 1.50 bits per heavy atom. The van der Waals surface area contributed by atoms with Crippen LogP contribution in [0.3, 0.4) is 0 Å². The molecular formula is C15H20N4O2S. The molecule has 0 spiro atoms. The van der Waals surface area contributed by atoms with Gasteiger partial charge in [-0.25, -0.2) is 0 Å². The van der Waals surface area contributed by atoms with Crippen LogP contribution < -0.4 is 10.7 Å². The quantitative estimate of drug-likeness (QED) is 0.871. The van der Waals surface area contributed by atoms with E-state index >= 15 is 0 Å². The molecule has 0 unspecified atom stereocenters. The Hall–Kier alpha value is -1.86. The second kappa shape index (κ2) is 7.95. The molecule has 0 aliphatic carbocycles. The molecule has 2 rings (SSSR count). The van der Waals surface area contributed by atoms with Crippen molar-refractivity contribution in [3.8, 4) is 0 Å². The van der Waals surface area contributed by atoms with Crippen molar-refractivity contribution in [2.75, 3.05) is 24.8 Å². The van der Waals surface area contributed by atoms with E-state index in [0.717, 1.165) is 27.9 Å². The number of amides is 1. The lowest BCUT2D eigenvalue weighted by molar-refractivity contribution is -0.114. The summed E-state index contributed by atoms with van der Waals surface area (Å²) in [5.74, 6) is 0.677. The highest BCUT2D eigenvalue weighted by Crippen LogP contribution is 2.16. The highest BCUT2D eigenvalue weighted by atomic mass is 32.2. The zero-order chi connectivity index (χ0) is 15.9. The number of carbonyl (C=O) groups is 1. The molecule has 118 valence electrons. The Kier molecular flexibility index (Phi) is 5.97. The fourth-order valence-corrected chi connectivity index (χ4v) is 2.83. The predicted molar refractivity (Wildman–Crippen MR) is 91.6 cm³/mol. The van der Waals surface area contributed by atoms with E-state index in [-0.39, 0.29) is 11.9 Å².